The Bertz CT molecular complexity index is 513. The van der Waals surface area contributed by atoms with Crippen molar-refractivity contribution in [3.8, 4) is 0 Å². The van der Waals surface area contributed by atoms with Gasteiger partial charge in [-0.25, -0.2) is 8.42 Å². The molecule has 106 valence electrons. The van der Waals surface area contributed by atoms with Crippen LogP contribution in [0.1, 0.15) is 18.4 Å². The molecule has 2 unspecified atom stereocenters. The molecule has 0 fully saturated rings. The molecule has 0 aliphatic rings. The molecule has 0 saturated heterocycles. The fraction of sp³-hybridized carbons (Fsp3) is 0.462. The van der Waals surface area contributed by atoms with Crippen molar-refractivity contribution in [3.63, 3.8) is 0 Å². The number of rotatable bonds is 7. The normalized spacial score (nSPS) is 14.8. The van der Waals surface area contributed by atoms with Crippen molar-refractivity contribution in [2.24, 2.45) is 0 Å². The average Bonchev–Trinajstić information content (AvgIpc) is 2.27. The van der Waals surface area contributed by atoms with Gasteiger partial charge in [-0.1, -0.05) is 30.3 Å². The zero-order chi connectivity index (χ0) is 14.5. The van der Waals surface area contributed by atoms with Gasteiger partial charge in [0.2, 0.25) is 0 Å². The first kappa shape index (κ1) is 15.7. The zero-order valence-electron chi connectivity index (χ0n) is 11.0. The van der Waals surface area contributed by atoms with Gasteiger partial charge in [0.25, 0.3) is 0 Å². The van der Waals surface area contributed by atoms with Crippen LogP contribution in [0.2, 0.25) is 0 Å². The van der Waals surface area contributed by atoms with Crippen molar-refractivity contribution in [1.82, 2.24) is 5.32 Å². The molecule has 2 atom stereocenters. The highest BCUT2D eigenvalue weighted by atomic mass is 32.2. The monoisotopic (exact) mass is 285 g/mol. The van der Waals surface area contributed by atoms with Crippen LogP contribution in [0.15, 0.2) is 30.3 Å². The molecule has 1 aromatic rings. The zero-order valence-corrected chi connectivity index (χ0v) is 11.9. The standard InChI is InChI=1S/C13H19NO4S/c1-10(9-19(2,17)18)14-8-12(13(15)16)11-6-4-3-5-7-11/h3-7,10,12,14H,8-9H2,1-2H3,(H,15,16). The highest BCUT2D eigenvalue weighted by Gasteiger charge is 2.20. The Labute approximate surface area is 113 Å². The number of sulfone groups is 1. The van der Waals surface area contributed by atoms with E-state index in [4.69, 9.17) is 0 Å². The van der Waals surface area contributed by atoms with Crippen LogP contribution in [0.3, 0.4) is 0 Å². The van der Waals surface area contributed by atoms with Gasteiger partial charge in [-0.05, 0) is 12.5 Å². The molecule has 0 aliphatic heterocycles. The van der Waals surface area contributed by atoms with Gasteiger partial charge in [0.1, 0.15) is 9.84 Å². The van der Waals surface area contributed by atoms with E-state index in [2.05, 4.69) is 5.32 Å². The van der Waals surface area contributed by atoms with E-state index in [0.29, 0.717) is 5.56 Å². The maximum Gasteiger partial charge on any atom is 0.312 e. The first-order valence-corrected chi connectivity index (χ1v) is 8.04. The molecule has 0 heterocycles. The number of aliphatic carboxylic acids is 1. The van der Waals surface area contributed by atoms with E-state index in [1.165, 1.54) is 0 Å². The van der Waals surface area contributed by atoms with Crippen LogP contribution < -0.4 is 5.32 Å². The van der Waals surface area contributed by atoms with E-state index in [0.717, 1.165) is 6.26 Å². The smallest absolute Gasteiger partial charge is 0.312 e. The summed E-state index contributed by atoms with van der Waals surface area (Å²) in [5.74, 6) is -1.61. The number of nitrogens with one attached hydrogen (secondary N) is 1. The molecule has 0 aliphatic carbocycles. The van der Waals surface area contributed by atoms with Crippen LogP contribution in [-0.4, -0.2) is 44.1 Å². The third kappa shape index (κ3) is 5.85. The summed E-state index contributed by atoms with van der Waals surface area (Å²) in [6.07, 6.45) is 1.16. The summed E-state index contributed by atoms with van der Waals surface area (Å²) in [7, 11) is -3.07. The Morgan fingerprint density at radius 2 is 1.89 bits per heavy atom. The van der Waals surface area contributed by atoms with E-state index in [1.54, 1.807) is 31.2 Å². The molecular formula is C13H19NO4S. The summed E-state index contributed by atoms with van der Waals surface area (Å²) in [5.41, 5.74) is 0.703. The minimum absolute atomic E-state index is 0.00582. The first-order valence-electron chi connectivity index (χ1n) is 5.98. The Morgan fingerprint density at radius 3 is 2.37 bits per heavy atom. The maximum absolute atomic E-state index is 11.2. The average molecular weight is 285 g/mol. The van der Waals surface area contributed by atoms with Crippen molar-refractivity contribution in [1.29, 1.82) is 0 Å². The summed E-state index contributed by atoms with van der Waals surface area (Å²) >= 11 is 0. The predicted molar refractivity (Wildman–Crippen MR) is 74.0 cm³/mol. The van der Waals surface area contributed by atoms with Gasteiger partial charge in [0.05, 0.1) is 11.7 Å². The molecule has 6 heteroatoms. The van der Waals surface area contributed by atoms with Crippen molar-refractivity contribution < 1.29 is 18.3 Å². The lowest BCUT2D eigenvalue weighted by atomic mass is 9.99. The lowest BCUT2D eigenvalue weighted by Crippen LogP contribution is -2.37. The summed E-state index contributed by atoms with van der Waals surface area (Å²) < 4.78 is 22.3. The number of hydrogen-bond acceptors (Lipinski definition) is 4. The van der Waals surface area contributed by atoms with E-state index >= 15 is 0 Å². The molecule has 0 spiro atoms. The van der Waals surface area contributed by atoms with Gasteiger partial charge in [-0.15, -0.1) is 0 Å². The van der Waals surface area contributed by atoms with Crippen LogP contribution in [0.25, 0.3) is 0 Å². The number of benzene rings is 1. The summed E-state index contributed by atoms with van der Waals surface area (Å²) in [6, 6.07) is 8.61. The van der Waals surface area contributed by atoms with Crippen molar-refractivity contribution in [2.75, 3.05) is 18.6 Å². The van der Waals surface area contributed by atoms with E-state index < -0.39 is 21.7 Å². The fourth-order valence-corrected chi connectivity index (χ4v) is 2.89. The first-order chi connectivity index (χ1) is 8.79. The SMILES string of the molecule is CC(CS(C)(=O)=O)NCC(C(=O)O)c1ccccc1. The molecule has 5 nitrogen and oxygen atoms in total. The van der Waals surface area contributed by atoms with Crippen molar-refractivity contribution >= 4 is 15.8 Å². The Kier molecular flexibility index (Phi) is 5.50. The highest BCUT2D eigenvalue weighted by molar-refractivity contribution is 7.90. The summed E-state index contributed by atoms with van der Waals surface area (Å²) in [4.78, 5) is 11.2. The van der Waals surface area contributed by atoms with Crippen LogP contribution in [0.5, 0.6) is 0 Å². The molecule has 0 radical (unpaired) electrons. The Hall–Kier alpha value is -1.40. The quantitative estimate of drug-likeness (QED) is 0.777. The van der Waals surface area contributed by atoms with Gasteiger partial charge < -0.3 is 10.4 Å². The van der Waals surface area contributed by atoms with Crippen LogP contribution >= 0.6 is 0 Å². The van der Waals surface area contributed by atoms with E-state index in [-0.39, 0.29) is 18.3 Å². The highest BCUT2D eigenvalue weighted by Crippen LogP contribution is 2.15. The minimum atomic E-state index is -3.07. The molecule has 2 N–H and O–H groups in total. The summed E-state index contributed by atoms with van der Waals surface area (Å²) in [5, 5.41) is 12.2. The molecular weight excluding hydrogens is 266 g/mol. The Morgan fingerprint density at radius 1 is 1.32 bits per heavy atom. The lowest BCUT2D eigenvalue weighted by molar-refractivity contribution is -0.138. The third-order valence-corrected chi connectivity index (χ3v) is 3.83. The second kappa shape index (κ2) is 6.68. The van der Waals surface area contributed by atoms with Gasteiger partial charge >= 0.3 is 5.97 Å². The van der Waals surface area contributed by atoms with Gasteiger partial charge in [-0.2, -0.15) is 0 Å². The predicted octanol–water partition coefficient (Wildman–Crippen LogP) is 0.878. The van der Waals surface area contributed by atoms with Gasteiger partial charge in [-0.3, -0.25) is 4.79 Å². The molecule has 1 rings (SSSR count). The molecule has 0 aromatic heterocycles. The van der Waals surface area contributed by atoms with Gasteiger partial charge in [0.15, 0.2) is 0 Å². The number of carboxylic acid groups (broad SMARTS) is 1. The molecule has 0 amide bonds. The fourth-order valence-electron chi connectivity index (χ4n) is 1.87. The van der Waals surface area contributed by atoms with Crippen LogP contribution in [-0.2, 0) is 14.6 Å². The van der Waals surface area contributed by atoms with Crippen LogP contribution in [0.4, 0.5) is 0 Å². The third-order valence-electron chi connectivity index (χ3n) is 2.72. The molecule has 0 bridgehead atoms. The second-order valence-electron chi connectivity index (χ2n) is 4.70. The number of hydrogen-bond donors (Lipinski definition) is 2. The molecule has 0 saturated carbocycles. The van der Waals surface area contributed by atoms with Gasteiger partial charge in [0, 0.05) is 18.8 Å². The lowest BCUT2D eigenvalue weighted by Gasteiger charge is -2.17. The van der Waals surface area contributed by atoms with Crippen molar-refractivity contribution in [2.45, 2.75) is 18.9 Å². The van der Waals surface area contributed by atoms with E-state index in [9.17, 15) is 18.3 Å². The molecule has 19 heavy (non-hydrogen) atoms. The van der Waals surface area contributed by atoms with Crippen molar-refractivity contribution in [3.05, 3.63) is 35.9 Å². The minimum Gasteiger partial charge on any atom is -0.481 e. The Balaban J connectivity index is 2.64. The maximum atomic E-state index is 11.2. The number of carbonyl (C=O) groups is 1. The largest absolute Gasteiger partial charge is 0.481 e. The number of carboxylic acids is 1. The topological polar surface area (TPSA) is 83.5 Å². The van der Waals surface area contributed by atoms with Crippen LogP contribution in [0, 0.1) is 0 Å². The second-order valence-corrected chi connectivity index (χ2v) is 6.89. The summed E-state index contributed by atoms with van der Waals surface area (Å²) in [6.45, 7) is 1.93. The molecule has 1 aromatic carbocycles. The van der Waals surface area contributed by atoms with E-state index in [1.807, 2.05) is 6.07 Å².